The molecule has 1 aliphatic rings. The summed E-state index contributed by atoms with van der Waals surface area (Å²) in [7, 11) is 0. The minimum atomic E-state index is 0.0479. The molecule has 0 aliphatic carbocycles. The van der Waals surface area contributed by atoms with Gasteiger partial charge in [0.15, 0.2) is 0 Å². The van der Waals surface area contributed by atoms with Crippen LogP contribution < -0.4 is 0 Å². The first-order valence-corrected chi connectivity index (χ1v) is 7.29. The summed E-state index contributed by atoms with van der Waals surface area (Å²) in [5, 5.41) is 5.07. The number of ether oxygens (including phenoxy) is 1. The van der Waals surface area contributed by atoms with Crippen LogP contribution in [0.5, 0.6) is 0 Å². The highest BCUT2D eigenvalue weighted by molar-refractivity contribution is 9.09. The van der Waals surface area contributed by atoms with Gasteiger partial charge in [-0.3, -0.25) is 9.48 Å². The number of alkyl halides is 1. The molecule has 1 saturated heterocycles. The first kappa shape index (κ1) is 13.5. The lowest BCUT2D eigenvalue weighted by atomic mass is 10.2. The van der Waals surface area contributed by atoms with E-state index in [0.717, 1.165) is 11.0 Å². The van der Waals surface area contributed by atoms with E-state index in [1.54, 1.807) is 4.68 Å². The van der Waals surface area contributed by atoms with E-state index in [4.69, 9.17) is 4.74 Å². The number of carbonyl (C=O) groups is 1. The van der Waals surface area contributed by atoms with Crippen LogP contribution in [0.1, 0.15) is 23.1 Å². The topological polar surface area (TPSA) is 47.4 Å². The van der Waals surface area contributed by atoms with E-state index in [1.165, 1.54) is 0 Å². The average molecular weight is 316 g/mol. The molecule has 5 nitrogen and oxygen atoms in total. The number of amides is 1. The van der Waals surface area contributed by atoms with Gasteiger partial charge in [-0.25, -0.2) is 0 Å². The number of rotatable bonds is 3. The second-order valence-electron chi connectivity index (χ2n) is 4.38. The van der Waals surface area contributed by atoms with Gasteiger partial charge in [0, 0.05) is 25.0 Å². The highest BCUT2D eigenvalue weighted by Gasteiger charge is 2.26. The van der Waals surface area contributed by atoms with E-state index in [9.17, 15) is 4.79 Å². The van der Waals surface area contributed by atoms with Crippen molar-refractivity contribution in [1.29, 1.82) is 0 Å². The van der Waals surface area contributed by atoms with Gasteiger partial charge in [-0.15, -0.1) is 0 Å². The van der Waals surface area contributed by atoms with Crippen LogP contribution in [0.15, 0.2) is 6.07 Å². The van der Waals surface area contributed by atoms with Gasteiger partial charge in [-0.1, -0.05) is 15.9 Å². The minimum Gasteiger partial charge on any atom is -0.374 e. The zero-order valence-corrected chi connectivity index (χ0v) is 12.3. The summed E-state index contributed by atoms with van der Waals surface area (Å²) in [6, 6.07) is 1.85. The van der Waals surface area contributed by atoms with Crippen LogP contribution >= 0.6 is 15.9 Å². The molecular weight excluding hydrogens is 298 g/mol. The number of morpholine rings is 1. The Morgan fingerprint density at radius 3 is 3.11 bits per heavy atom. The van der Waals surface area contributed by atoms with E-state index in [2.05, 4.69) is 21.0 Å². The number of hydrogen-bond donors (Lipinski definition) is 0. The standard InChI is InChI=1S/C12H18BrN3O2/c1-3-16-11(6-9(2)14-16)12(17)15-4-5-18-10(7-13)8-15/h6,10H,3-5,7-8H2,1-2H3. The van der Waals surface area contributed by atoms with Crippen molar-refractivity contribution in [3.05, 3.63) is 17.5 Å². The Hall–Kier alpha value is -0.880. The summed E-state index contributed by atoms with van der Waals surface area (Å²) >= 11 is 3.40. The lowest BCUT2D eigenvalue weighted by Gasteiger charge is -2.32. The predicted molar refractivity (Wildman–Crippen MR) is 72.1 cm³/mol. The van der Waals surface area contributed by atoms with Crippen molar-refractivity contribution >= 4 is 21.8 Å². The summed E-state index contributed by atoms with van der Waals surface area (Å²) in [5.74, 6) is 0.0479. The van der Waals surface area contributed by atoms with Gasteiger partial charge in [0.25, 0.3) is 5.91 Å². The lowest BCUT2D eigenvalue weighted by molar-refractivity contribution is -0.0101. The summed E-state index contributed by atoms with van der Waals surface area (Å²) < 4.78 is 7.30. The molecule has 0 radical (unpaired) electrons. The van der Waals surface area contributed by atoms with Gasteiger partial charge in [0.05, 0.1) is 18.4 Å². The van der Waals surface area contributed by atoms with Crippen LogP contribution in [0, 0.1) is 6.92 Å². The summed E-state index contributed by atoms with van der Waals surface area (Å²) in [5.41, 5.74) is 1.55. The first-order valence-electron chi connectivity index (χ1n) is 6.17. The fourth-order valence-corrected chi connectivity index (χ4v) is 2.51. The SMILES string of the molecule is CCn1nc(C)cc1C(=O)N1CCOC(CBr)C1. The second kappa shape index (κ2) is 5.84. The fourth-order valence-electron chi connectivity index (χ4n) is 2.12. The van der Waals surface area contributed by atoms with Gasteiger partial charge in [0.1, 0.15) is 5.69 Å². The highest BCUT2D eigenvalue weighted by Crippen LogP contribution is 2.13. The largest absolute Gasteiger partial charge is 0.374 e. The molecule has 2 heterocycles. The molecule has 1 atom stereocenters. The Kier molecular flexibility index (Phi) is 4.40. The van der Waals surface area contributed by atoms with Crippen molar-refractivity contribution in [2.24, 2.45) is 0 Å². The maximum Gasteiger partial charge on any atom is 0.272 e. The molecule has 1 aliphatic heterocycles. The molecule has 2 rings (SSSR count). The Balaban J connectivity index is 2.14. The van der Waals surface area contributed by atoms with Crippen LogP contribution in [-0.2, 0) is 11.3 Å². The van der Waals surface area contributed by atoms with Gasteiger partial charge in [-0.2, -0.15) is 5.10 Å². The normalized spacial score (nSPS) is 20.2. The fraction of sp³-hybridized carbons (Fsp3) is 0.667. The number of carbonyl (C=O) groups excluding carboxylic acids is 1. The third-order valence-corrected chi connectivity index (χ3v) is 3.74. The van der Waals surface area contributed by atoms with Crippen LogP contribution in [-0.4, -0.2) is 51.7 Å². The number of hydrogen-bond acceptors (Lipinski definition) is 3. The number of aryl methyl sites for hydroxylation is 2. The monoisotopic (exact) mass is 315 g/mol. The van der Waals surface area contributed by atoms with Crippen LogP contribution in [0.25, 0.3) is 0 Å². The number of aromatic nitrogens is 2. The van der Waals surface area contributed by atoms with Crippen molar-refractivity contribution < 1.29 is 9.53 Å². The van der Waals surface area contributed by atoms with Crippen LogP contribution in [0.2, 0.25) is 0 Å². The molecule has 0 bridgehead atoms. The molecule has 0 saturated carbocycles. The zero-order valence-electron chi connectivity index (χ0n) is 10.7. The van der Waals surface area contributed by atoms with Crippen molar-refractivity contribution in [2.75, 3.05) is 25.0 Å². The van der Waals surface area contributed by atoms with Gasteiger partial charge < -0.3 is 9.64 Å². The molecule has 1 unspecified atom stereocenters. The Bertz CT molecular complexity index is 433. The van der Waals surface area contributed by atoms with Crippen molar-refractivity contribution in [2.45, 2.75) is 26.5 Å². The maximum atomic E-state index is 12.4. The predicted octanol–water partition coefficient (Wildman–Crippen LogP) is 1.45. The third-order valence-electron chi connectivity index (χ3n) is 3.02. The molecular formula is C12H18BrN3O2. The Morgan fingerprint density at radius 1 is 1.67 bits per heavy atom. The molecule has 100 valence electrons. The van der Waals surface area contributed by atoms with Crippen molar-refractivity contribution in [1.82, 2.24) is 14.7 Å². The van der Waals surface area contributed by atoms with Crippen LogP contribution in [0.3, 0.4) is 0 Å². The van der Waals surface area contributed by atoms with Gasteiger partial charge in [0.2, 0.25) is 0 Å². The molecule has 1 amide bonds. The molecule has 6 heteroatoms. The molecule has 1 aromatic rings. The molecule has 0 aromatic carbocycles. The van der Waals surface area contributed by atoms with Crippen molar-refractivity contribution in [3.63, 3.8) is 0 Å². The number of nitrogens with zero attached hydrogens (tertiary/aromatic N) is 3. The molecule has 1 fully saturated rings. The number of halogens is 1. The van der Waals surface area contributed by atoms with Crippen molar-refractivity contribution in [3.8, 4) is 0 Å². The lowest BCUT2D eigenvalue weighted by Crippen LogP contribution is -2.46. The molecule has 1 aromatic heterocycles. The first-order chi connectivity index (χ1) is 8.65. The maximum absolute atomic E-state index is 12.4. The zero-order chi connectivity index (χ0) is 13.1. The summed E-state index contributed by atoms with van der Waals surface area (Å²) in [4.78, 5) is 14.3. The Labute approximate surface area is 115 Å². The second-order valence-corrected chi connectivity index (χ2v) is 5.03. The smallest absolute Gasteiger partial charge is 0.272 e. The highest BCUT2D eigenvalue weighted by atomic mass is 79.9. The van der Waals surface area contributed by atoms with E-state index in [0.29, 0.717) is 31.9 Å². The average Bonchev–Trinajstić information content (AvgIpc) is 2.79. The molecule has 0 N–H and O–H groups in total. The summed E-state index contributed by atoms with van der Waals surface area (Å²) in [6.45, 7) is 6.49. The Morgan fingerprint density at radius 2 is 2.44 bits per heavy atom. The van der Waals surface area contributed by atoms with Gasteiger partial charge in [-0.05, 0) is 19.9 Å². The summed E-state index contributed by atoms with van der Waals surface area (Å²) in [6.07, 6.45) is 0.0850. The quantitative estimate of drug-likeness (QED) is 0.793. The van der Waals surface area contributed by atoms with Crippen LogP contribution in [0.4, 0.5) is 0 Å². The third kappa shape index (κ3) is 2.75. The molecule has 18 heavy (non-hydrogen) atoms. The molecule has 0 spiro atoms. The minimum absolute atomic E-state index is 0.0479. The van der Waals surface area contributed by atoms with Gasteiger partial charge >= 0.3 is 0 Å². The van der Waals surface area contributed by atoms with E-state index in [-0.39, 0.29) is 12.0 Å². The van der Waals surface area contributed by atoms with E-state index in [1.807, 2.05) is 24.8 Å². The van der Waals surface area contributed by atoms with E-state index >= 15 is 0 Å². The van der Waals surface area contributed by atoms with E-state index < -0.39 is 0 Å².